The predicted octanol–water partition coefficient (Wildman–Crippen LogP) is -0.0595. The molecule has 0 aliphatic carbocycles. The summed E-state index contributed by atoms with van der Waals surface area (Å²) in [5.74, 6) is 1.26. The van der Waals surface area contributed by atoms with Crippen molar-refractivity contribution in [3.05, 3.63) is 5.82 Å². The molecule has 6 heteroatoms. The van der Waals surface area contributed by atoms with Crippen LogP contribution in [0.3, 0.4) is 0 Å². The summed E-state index contributed by atoms with van der Waals surface area (Å²) in [4.78, 5) is 5.13. The number of H-pyrrole nitrogens is 1. The Labute approximate surface area is 76.2 Å². The lowest BCUT2D eigenvalue weighted by molar-refractivity contribution is -0.144. The zero-order chi connectivity index (χ0) is 9.10. The molecule has 1 aliphatic heterocycles. The van der Waals surface area contributed by atoms with Gasteiger partial charge in [-0.05, 0) is 12.8 Å². The van der Waals surface area contributed by atoms with E-state index in [1.807, 2.05) is 5.06 Å². The number of piperidine rings is 1. The van der Waals surface area contributed by atoms with Crippen LogP contribution in [-0.4, -0.2) is 45.9 Å². The first-order valence-electron chi connectivity index (χ1n) is 4.42. The van der Waals surface area contributed by atoms with E-state index in [0.717, 1.165) is 31.8 Å². The van der Waals surface area contributed by atoms with Crippen molar-refractivity contribution in [1.29, 1.82) is 0 Å². The Morgan fingerprint density at radius 3 is 2.77 bits per heavy atom. The van der Waals surface area contributed by atoms with E-state index in [1.54, 1.807) is 7.11 Å². The van der Waals surface area contributed by atoms with Crippen LogP contribution in [0.2, 0.25) is 0 Å². The SMILES string of the molecule is CON1CCC(c2nn[nH]n2)CC1. The quantitative estimate of drug-likeness (QED) is 0.695. The van der Waals surface area contributed by atoms with Gasteiger partial charge in [-0.1, -0.05) is 5.21 Å². The molecule has 2 rings (SSSR count). The Bertz CT molecular complexity index is 241. The molecule has 1 aromatic heterocycles. The van der Waals surface area contributed by atoms with Crippen LogP contribution in [0.1, 0.15) is 24.6 Å². The maximum absolute atomic E-state index is 5.13. The van der Waals surface area contributed by atoms with Gasteiger partial charge in [0.15, 0.2) is 5.82 Å². The van der Waals surface area contributed by atoms with Crippen molar-refractivity contribution in [3.63, 3.8) is 0 Å². The highest BCUT2D eigenvalue weighted by molar-refractivity contribution is 4.93. The molecule has 6 nitrogen and oxygen atoms in total. The van der Waals surface area contributed by atoms with E-state index in [9.17, 15) is 0 Å². The van der Waals surface area contributed by atoms with Gasteiger partial charge in [-0.2, -0.15) is 10.3 Å². The fourth-order valence-electron chi connectivity index (χ4n) is 1.64. The molecule has 1 N–H and O–H groups in total. The van der Waals surface area contributed by atoms with E-state index in [4.69, 9.17) is 4.84 Å². The minimum Gasteiger partial charge on any atom is -0.302 e. The van der Waals surface area contributed by atoms with Crippen molar-refractivity contribution in [1.82, 2.24) is 25.7 Å². The number of nitrogens with zero attached hydrogens (tertiary/aromatic N) is 4. The van der Waals surface area contributed by atoms with Crippen LogP contribution in [-0.2, 0) is 4.84 Å². The normalized spacial score (nSPS) is 20.7. The van der Waals surface area contributed by atoms with Crippen molar-refractivity contribution >= 4 is 0 Å². The zero-order valence-corrected chi connectivity index (χ0v) is 7.60. The maximum atomic E-state index is 5.13. The first-order chi connectivity index (χ1) is 6.40. The van der Waals surface area contributed by atoms with Crippen molar-refractivity contribution in [3.8, 4) is 0 Å². The van der Waals surface area contributed by atoms with Gasteiger partial charge in [-0.3, -0.25) is 0 Å². The Balaban J connectivity index is 1.92. The minimum atomic E-state index is 0.435. The maximum Gasteiger partial charge on any atom is 0.177 e. The first kappa shape index (κ1) is 8.58. The molecular formula is C7H13N5O. The van der Waals surface area contributed by atoms with E-state index in [2.05, 4.69) is 20.6 Å². The Kier molecular flexibility index (Phi) is 2.51. The molecule has 0 spiro atoms. The predicted molar refractivity (Wildman–Crippen MR) is 44.7 cm³/mol. The van der Waals surface area contributed by atoms with Crippen molar-refractivity contribution in [2.24, 2.45) is 0 Å². The van der Waals surface area contributed by atoms with Crippen molar-refractivity contribution in [2.45, 2.75) is 18.8 Å². The number of tetrazole rings is 1. The summed E-state index contributed by atoms with van der Waals surface area (Å²) in [7, 11) is 1.70. The average molecular weight is 183 g/mol. The lowest BCUT2D eigenvalue weighted by Crippen LogP contribution is -2.32. The monoisotopic (exact) mass is 183 g/mol. The van der Waals surface area contributed by atoms with E-state index < -0.39 is 0 Å². The van der Waals surface area contributed by atoms with E-state index >= 15 is 0 Å². The van der Waals surface area contributed by atoms with E-state index in [0.29, 0.717) is 5.92 Å². The van der Waals surface area contributed by atoms with Gasteiger partial charge in [0.05, 0.1) is 7.11 Å². The number of hydrogen-bond donors (Lipinski definition) is 1. The third-order valence-electron chi connectivity index (χ3n) is 2.44. The fraction of sp³-hybridized carbons (Fsp3) is 0.857. The first-order valence-corrected chi connectivity index (χ1v) is 4.42. The molecule has 1 aliphatic rings. The largest absolute Gasteiger partial charge is 0.302 e. The summed E-state index contributed by atoms with van der Waals surface area (Å²) in [6.45, 7) is 1.88. The van der Waals surface area contributed by atoms with Crippen LogP contribution in [0.5, 0.6) is 0 Å². The van der Waals surface area contributed by atoms with Crippen LogP contribution in [0.25, 0.3) is 0 Å². The van der Waals surface area contributed by atoms with E-state index in [-0.39, 0.29) is 0 Å². The molecule has 1 fully saturated rings. The van der Waals surface area contributed by atoms with Crippen LogP contribution in [0.4, 0.5) is 0 Å². The third kappa shape index (κ3) is 1.84. The lowest BCUT2D eigenvalue weighted by Gasteiger charge is -2.28. The molecule has 13 heavy (non-hydrogen) atoms. The number of hydrogen-bond acceptors (Lipinski definition) is 5. The summed E-state index contributed by atoms with van der Waals surface area (Å²) < 4.78 is 0. The van der Waals surface area contributed by atoms with Gasteiger partial charge in [0.25, 0.3) is 0 Å². The van der Waals surface area contributed by atoms with Gasteiger partial charge in [-0.15, -0.1) is 10.2 Å². The number of nitrogens with one attached hydrogen (secondary N) is 1. The summed E-state index contributed by atoms with van der Waals surface area (Å²) >= 11 is 0. The van der Waals surface area contributed by atoms with Crippen LogP contribution >= 0.6 is 0 Å². The fourth-order valence-corrected chi connectivity index (χ4v) is 1.64. The van der Waals surface area contributed by atoms with Crippen LogP contribution in [0, 0.1) is 0 Å². The molecule has 72 valence electrons. The van der Waals surface area contributed by atoms with Gasteiger partial charge in [-0.25, -0.2) is 0 Å². The highest BCUT2D eigenvalue weighted by Crippen LogP contribution is 2.24. The van der Waals surface area contributed by atoms with Gasteiger partial charge in [0, 0.05) is 19.0 Å². The molecular weight excluding hydrogens is 170 g/mol. The van der Waals surface area contributed by atoms with E-state index in [1.165, 1.54) is 0 Å². The second-order valence-electron chi connectivity index (χ2n) is 3.16. The Hall–Kier alpha value is -1.01. The van der Waals surface area contributed by atoms with Crippen molar-refractivity contribution < 1.29 is 4.84 Å². The third-order valence-corrected chi connectivity index (χ3v) is 2.44. The summed E-state index contributed by atoms with van der Waals surface area (Å²) in [6, 6.07) is 0. The molecule has 2 heterocycles. The number of rotatable bonds is 2. The number of hydroxylamine groups is 2. The van der Waals surface area contributed by atoms with Crippen molar-refractivity contribution in [2.75, 3.05) is 20.2 Å². The Morgan fingerprint density at radius 2 is 2.23 bits per heavy atom. The minimum absolute atomic E-state index is 0.435. The van der Waals surface area contributed by atoms with Gasteiger partial charge >= 0.3 is 0 Å². The summed E-state index contributed by atoms with van der Waals surface area (Å²) in [6.07, 6.45) is 2.07. The highest BCUT2D eigenvalue weighted by Gasteiger charge is 2.23. The number of aromatic nitrogens is 4. The molecule has 0 radical (unpaired) electrons. The second kappa shape index (κ2) is 3.80. The number of aromatic amines is 1. The van der Waals surface area contributed by atoms with Gasteiger partial charge in [0.1, 0.15) is 0 Å². The molecule has 1 saturated heterocycles. The topological polar surface area (TPSA) is 66.9 Å². The average Bonchev–Trinajstić information content (AvgIpc) is 2.71. The molecule has 1 aromatic rings. The molecule has 0 unspecified atom stereocenters. The zero-order valence-electron chi connectivity index (χ0n) is 7.60. The lowest BCUT2D eigenvalue weighted by atomic mass is 9.97. The van der Waals surface area contributed by atoms with Gasteiger partial charge < -0.3 is 4.84 Å². The molecule has 0 saturated carbocycles. The smallest absolute Gasteiger partial charge is 0.177 e. The standard InChI is InChI=1S/C7H13N5O/c1-13-12-4-2-6(3-5-12)7-8-10-11-9-7/h6H,2-5H2,1H3,(H,8,9,10,11). The van der Waals surface area contributed by atoms with Crippen LogP contribution in [0.15, 0.2) is 0 Å². The molecule has 0 aromatic carbocycles. The summed E-state index contributed by atoms with van der Waals surface area (Å²) in [5, 5.41) is 16.0. The second-order valence-corrected chi connectivity index (χ2v) is 3.16. The highest BCUT2D eigenvalue weighted by atomic mass is 16.7. The molecule has 0 atom stereocenters. The van der Waals surface area contributed by atoms with Crippen LogP contribution < -0.4 is 0 Å². The molecule has 0 bridgehead atoms. The molecule has 0 amide bonds. The van der Waals surface area contributed by atoms with Gasteiger partial charge in [0.2, 0.25) is 0 Å². The summed E-state index contributed by atoms with van der Waals surface area (Å²) in [5.41, 5.74) is 0. The Morgan fingerprint density at radius 1 is 1.46 bits per heavy atom.